The zero-order valence-corrected chi connectivity index (χ0v) is 26.4. The quantitative estimate of drug-likeness (QED) is 0.301. The van der Waals surface area contributed by atoms with Crippen molar-refractivity contribution in [3.05, 3.63) is 59.4 Å². The predicted octanol–water partition coefficient (Wildman–Crippen LogP) is 8.97. The molecule has 1 unspecified atom stereocenters. The van der Waals surface area contributed by atoms with Crippen molar-refractivity contribution in [2.75, 3.05) is 0 Å². The molecule has 4 N–H and O–H groups in total. The second kappa shape index (κ2) is 16.3. The van der Waals surface area contributed by atoms with E-state index < -0.39 is 11.7 Å². The second-order valence-corrected chi connectivity index (χ2v) is 12.2. The molecule has 2 saturated carbocycles. The molecule has 0 aromatic heterocycles. The Morgan fingerprint density at radius 3 is 2.07 bits per heavy atom. The summed E-state index contributed by atoms with van der Waals surface area (Å²) in [5.41, 5.74) is 14.6. The minimum atomic E-state index is -4.23. The molecule has 5 nitrogen and oxygen atoms in total. The van der Waals surface area contributed by atoms with E-state index in [1.807, 2.05) is 0 Å². The van der Waals surface area contributed by atoms with Crippen LogP contribution in [0.25, 0.3) is 0 Å². The third-order valence-electron chi connectivity index (χ3n) is 8.33. The average Bonchev–Trinajstić information content (AvgIpc) is 3.75. The molecule has 0 radical (unpaired) electrons. The Kier molecular flexibility index (Phi) is 13.8. The van der Waals surface area contributed by atoms with Crippen LogP contribution in [0, 0.1) is 11.8 Å². The molecule has 0 saturated heterocycles. The van der Waals surface area contributed by atoms with Crippen molar-refractivity contribution in [3.8, 4) is 0 Å². The van der Waals surface area contributed by atoms with E-state index in [9.17, 15) is 18.0 Å². The number of benzene rings is 1. The maximum Gasteiger partial charge on any atom is 0.406 e. The molecule has 8 heteroatoms. The maximum atomic E-state index is 12.5. The molecule has 0 bridgehead atoms. The maximum absolute atomic E-state index is 12.5. The van der Waals surface area contributed by atoms with Gasteiger partial charge in [0, 0.05) is 11.4 Å². The van der Waals surface area contributed by atoms with E-state index in [0.717, 1.165) is 55.8 Å². The molecular weight excluding hydrogens is 537 g/mol. The predicted molar refractivity (Wildman–Crippen MR) is 168 cm³/mol. The number of Topliss-reactive ketones (excluding diaryl/α,β-unsaturated/α-hetero) is 1. The van der Waals surface area contributed by atoms with Crippen molar-refractivity contribution >= 4 is 11.7 Å². The Balaban J connectivity index is 0.000000290. The van der Waals surface area contributed by atoms with E-state index in [-0.39, 0.29) is 24.7 Å². The molecule has 2 fully saturated rings. The zero-order valence-electron chi connectivity index (χ0n) is 26.4. The number of hydrogen-bond donors (Lipinski definition) is 2. The van der Waals surface area contributed by atoms with E-state index in [4.69, 9.17) is 16.5 Å². The Hall–Kier alpha value is -2.61. The normalized spacial score (nSPS) is 23.3. The Bertz CT molecular complexity index is 1060. The molecule has 4 rings (SSSR count). The van der Waals surface area contributed by atoms with E-state index in [0.29, 0.717) is 24.7 Å². The molecule has 3 aliphatic rings. The fourth-order valence-electron chi connectivity index (χ4n) is 5.80. The lowest BCUT2D eigenvalue weighted by molar-refractivity contribution is -0.196. The van der Waals surface area contributed by atoms with E-state index in [1.54, 1.807) is 0 Å². The van der Waals surface area contributed by atoms with E-state index >= 15 is 0 Å². The molecule has 1 heterocycles. The van der Waals surface area contributed by atoms with Crippen LogP contribution in [0.4, 0.5) is 13.2 Å². The standard InChI is InChI=1S/C21H29N3.C10H18F3N.C3H6O/c1-4-9-18-15(3)24(21(22)23-19(18)5-2)20(14-16-12-13-16)17-10-7-6-8-11-17;1-2-3-8-4-6-9(14,7-5-8)10(11,12)13;1-3(2)4/h6-8,10-11,16,20H,3-5,9,12-14H2,1-2H3,(H2,22,23);8H,2-7,14H2,1H3;1-2H3. The Morgan fingerprint density at radius 1 is 1.05 bits per heavy atom. The number of hydrogen-bond acceptors (Lipinski definition) is 5. The van der Waals surface area contributed by atoms with Crippen molar-refractivity contribution in [1.82, 2.24) is 4.90 Å². The Labute approximate surface area is 251 Å². The first-order chi connectivity index (χ1) is 19.8. The molecule has 1 atom stereocenters. The lowest BCUT2D eigenvalue weighted by Crippen LogP contribution is -2.55. The summed E-state index contributed by atoms with van der Waals surface area (Å²) in [5, 5.41) is 0. The van der Waals surface area contributed by atoms with E-state index in [1.165, 1.54) is 37.8 Å². The molecule has 0 amide bonds. The summed E-state index contributed by atoms with van der Waals surface area (Å²) in [7, 11) is 0. The van der Waals surface area contributed by atoms with Gasteiger partial charge in [-0.15, -0.1) is 0 Å². The highest BCUT2D eigenvalue weighted by molar-refractivity contribution is 5.84. The van der Waals surface area contributed by atoms with Crippen molar-refractivity contribution in [2.24, 2.45) is 28.3 Å². The largest absolute Gasteiger partial charge is 0.406 e. The second-order valence-electron chi connectivity index (χ2n) is 12.2. The van der Waals surface area contributed by atoms with Gasteiger partial charge >= 0.3 is 6.18 Å². The molecular formula is C34H53F3N4O. The van der Waals surface area contributed by atoms with Gasteiger partial charge in [0.1, 0.15) is 11.3 Å². The third kappa shape index (κ3) is 10.3. The number of ketones is 1. The van der Waals surface area contributed by atoms with Crippen LogP contribution >= 0.6 is 0 Å². The summed E-state index contributed by atoms with van der Waals surface area (Å²) in [4.78, 5) is 16.4. The lowest BCUT2D eigenvalue weighted by Gasteiger charge is -2.38. The molecule has 0 spiro atoms. The number of halogens is 3. The number of guanidine groups is 1. The number of aliphatic imine (C=N–C) groups is 1. The number of nitrogens with zero attached hydrogens (tertiary/aromatic N) is 2. The zero-order chi connectivity index (χ0) is 31.5. The molecule has 1 aromatic rings. The molecule has 1 aromatic carbocycles. The number of carbonyl (C=O) groups is 1. The van der Waals surface area contributed by atoms with Crippen molar-refractivity contribution in [1.29, 1.82) is 0 Å². The number of allylic oxidation sites excluding steroid dienone is 2. The van der Waals surface area contributed by atoms with Gasteiger partial charge in [0.05, 0.1) is 6.04 Å². The van der Waals surface area contributed by atoms with Gasteiger partial charge in [-0.25, -0.2) is 4.99 Å². The van der Waals surface area contributed by atoms with Crippen LogP contribution in [0.1, 0.15) is 123 Å². The minimum absolute atomic E-state index is 0.0984. The van der Waals surface area contributed by atoms with Crippen molar-refractivity contribution in [3.63, 3.8) is 0 Å². The van der Waals surface area contributed by atoms with Gasteiger partial charge < -0.3 is 21.2 Å². The number of alkyl halides is 3. The number of nitrogens with two attached hydrogens (primary N) is 2. The van der Waals surface area contributed by atoms with Crippen LogP contribution < -0.4 is 11.5 Å². The number of carbonyl (C=O) groups excluding carboxylic acids is 1. The summed E-state index contributed by atoms with van der Waals surface area (Å²) < 4.78 is 37.5. The van der Waals surface area contributed by atoms with Crippen molar-refractivity contribution in [2.45, 2.75) is 129 Å². The van der Waals surface area contributed by atoms with Crippen LogP contribution in [0.5, 0.6) is 0 Å². The summed E-state index contributed by atoms with van der Waals surface area (Å²) in [6.07, 6.45) is 6.11. The minimum Gasteiger partial charge on any atom is -0.369 e. The van der Waals surface area contributed by atoms with Crippen molar-refractivity contribution < 1.29 is 18.0 Å². The third-order valence-corrected chi connectivity index (χ3v) is 8.33. The first kappa shape index (κ1) is 35.6. The Morgan fingerprint density at radius 2 is 1.62 bits per heavy atom. The van der Waals surface area contributed by atoms with Gasteiger partial charge in [0.15, 0.2) is 0 Å². The van der Waals surface area contributed by atoms with Gasteiger partial charge in [-0.3, -0.25) is 0 Å². The molecule has 1 aliphatic heterocycles. The van der Waals surface area contributed by atoms with Gasteiger partial charge in [0.2, 0.25) is 5.96 Å². The topological polar surface area (TPSA) is 84.7 Å². The number of rotatable bonds is 9. The van der Waals surface area contributed by atoms with Crippen LogP contribution in [-0.2, 0) is 4.79 Å². The van der Waals surface area contributed by atoms with Gasteiger partial charge in [-0.05, 0) is 81.8 Å². The van der Waals surface area contributed by atoms with Gasteiger partial charge in [-0.1, -0.05) is 89.8 Å². The lowest BCUT2D eigenvalue weighted by atomic mass is 9.75. The molecule has 42 heavy (non-hydrogen) atoms. The highest BCUT2D eigenvalue weighted by Gasteiger charge is 2.52. The highest BCUT2D eigenvalue weighted by atomic mass is 19.4. The van der Waals surface area contributed by atoms with Crippen LogP contribution in [-0.4, -0.2) is 28.4 Å². The van der Waals surface area contributed by atoms with Crippen LogP contribution in [0.2, 0.25) is 0 Å². The van der Waals surface area contributed by atoms with Gasteiger partial charge in [-0.2, -0.15) is 13.2 Å². The van der Waals surface area contributed by atoms with Crippen LogP contribution in [0.15, 0.2) is 58.9 Å². The van der Waals surface area contributed by atoms with Crippen LogP contribution in [0.3, 0.4) is 0 Å². The first-order valence-electron chi connectivity index (χ1n) is 15.7. The summed E-state index contributed by atoms with van der Waals surface area (Å²) in [6.45, 7) is 13.9. The summed E-state index contributed by atoms with van der Waals surface area (Å²) in [6, 6.07) is 10.9. The fourth-order valence-corrected chi connectivity index (χ4v) is 5.80. The average molecular weight is 591 g/mol. The summed E-state index contributed by atoms with van der Waals surface area (Å²) >= 11 is 0. The highest BCUT2D eigenvalue weighted by Crippen LogP contribution is 2.44. The van der Waals surface area contributed by atoms with E-state index in [2.05, 4.69) is 62.6 Å². The molecule has 2 aliphatic carbocycles. The smallest absolute Gasteiger partial charge is 0.369 e. The fraction of sp³-hybridized carbons (Fsp3) is 0.647. The monoisotopic (exact) mass is 590 g/mol. The summed E-state index contributed by atoms with van der Waals surface area (Å²) in [5.74, 6) is 2.03. The first-order valence-corrected chi connectivity index (χ1v) is 15.7. The van der Waals surface area contributed by atoms with Gasteiger partial charge in [0.25, 0.3) is 0 Å². The molecule has 236 valence electrons. The SMILES string of the molecule is C=C1C(CCC)=C(CC)N=C(N)N1C(CC1CC1)c1ccccc1.CC(C)=O.CCCC1CCC(N)(C(F)(F)F)CC1.